The summed E-state index contributed by atoms with van der Waals surface area (Å²) >= 11 is 0. The highest BCUT2D eigenvalue weighted by Crippen LogP contribution is 2.24. The maximum Gasteiger partial charge on any atom is 0.267 e. The van der Waals surface area contributed by atoms with Crippen molar-refractivity contribution in [3.63, 3.8) is 0 Å². The fourth-order valence-corrected chi connectivity index (χ4v) is 3.96. The lowest BCUT2D eigenvalue weighted by Crippen LogP contribution is -2.38. The number of aromatic nitrogens is 6. The first-order chi connectivity index (χ1) is 13.2. The molecule has 0 radical (unpaired) electrons. The quantitative estimate of drug-likeness (QED) is 0.735. The van der Waals surface area contributed by atoms with Gasteiger partial charge in [0.05, 0.1) is 24.9 Å². The number of ether oxygens (including phenoxy) is 1. The minimum absolute atomic E-state index is 0.0604. The van der Waals surface area contributed by atoms with Crippen LogP contribution < -0.4 is 10.9 Å². The van der Waals surface area contributed by atoms with E-state index >= 15 is 0 Å². The lowest BCUT2D eigenvalue weighted by atomic mass is 9.97. The van der Waals surface area contributed by atoms with Crippen molar-refractivity contribution < 1.29 is 4.74 Å². The van der Waals surface area contributed by atoms with Gasteiger partial charge in [-0.15, -0.1) is 0 Å². The van der Waals surface area contributed by atoms with E-state index in [4.69, 9.17) is 9.84 Å². The maximum atomic E-state index is 12.7. The van der Waals surface area contributed by atoms with Crippen molar-refractivity contribution in [3.8, 4) is 0 Å². The Hall–Kier alpha value is -2.81. The summed E-state index contributed by atoms with van der Waals surface area (Å²) in [5.74, 6) is 1.32. The third-order valence-corrected chi connectivity index (χ3v) is 5.31. The molecule has 4 heterocycles. The fourth-order valence-electron chi connectivity index (χ4n) is 3.96. The van der Waals surface area contributed by atoms with E-state index in [9.17, 15) is 4.79 Å². The molecule has 0 amide bonds. The lowest BCUT2D eigenvalue weighted by molar-refractivity contribution is 0.182. The number of nitrogens with one attached hydrogen (secondary N) is 1. The summed E-state index contributed by atoms with van der Waals surface area (Å²) in [6.45, 7) is 2.86. The van der Waals surface area contributed by atoms with Crippen molar-refractivity contribution in [1.29, 1.82) is 0 Å². The van der Waals surface area contributed by atoms with Crippen LogP contribution in [0.5, 0.6) is 0 Å². The van der Waals surface area contributed by atoms with Crippen LogP contribution in [0.3, 0.4) is 0 Å². The van der Waals surface area contributed by atoms with E-state index in [1.807, 2.05) is 13.0 Å². The molecule has 9 nitrogen and oxygen atoms in total. The molecule has 1 fully saturated rings. The standard InChI is InChI=1S/C18H21N7O2/c1-11-6-16(25-18(21-11)19-10-20-25)22-14-8-27-9-15(14)24-17(26)7-12-4-2-3-5-13(12)23-24/h6-7,10,14-15,22H,2-5,8-9H2,1H3. The van der Waals surface area contributed by atoms with Gasteiger partial charge >= 0.3 is 0 Å². The molecule has 0 aromatic carbocycles. The summed E-state index contributed by atoms with van der Waals surface area (Å²) in [6, 6.07) is 3.41. The van der Waals surface area contributed by atoms with Gasteiger partial charge in [-0.3, -0.25) is 4.79 Å². The van der Waals surface area contributed by atoms with Crippen LogP contribution in [0.2, 0.25) is 0 Å². The van der Waals surface area contributed by atoms with Crippen molar-refractivity contribution in [2.24, 2.45) is 0 Å². The van der Waals surface area contributed by atoms with E-state index in [1.54, 1.807) is 15.3 Å². The smallest absolute Gasteiger partial charge is 0.267 e. The number of fused-ring (bicyclic) bond motifs is 2. The Balaban J connectivity index is 1.49. The van der Waals surface area contributed by atoms with E-state index < -0.39 is 0 Å². The van der Waals surface area contributed by atoms with Gasteiger partial charge in [-0.2, -0.15) is 19.7 Å². The first kappa shape index (κ1) is 16.4. The zero-order chi connectivity index (χ0) is 18.4. The van der Waals surface area contributed by atoms with Crippen LogP contribution in [0, 0.1) is 6.92 Å². The molecule has 0 spiro atoms. The zero-order valence-electron chi connectivity index (χ0n) is 15.1. The molecule has 3 aromatic rings. The van der Waals surface area contributed by atoms with Gasteiger partial charge in [0.2, 0.25) is 0 Å². The molecule has 5 rings (SSSR count). The van der Waals surface area contributed by atoms with Crippen molar-refractivity contribution in [3.05, 3.63) is 45.8 Å². The molecular formula is C18H21N7O2. The third kappa shape index (κ3) is 2.87. The molecule has 9 heteroatoms. The number of aryl methyl sites for hydroxylation is 3. The Labute approximate surface area is 155 Å². The molecule has 2 atom stereocenters. The summed E-state index contributed by atoms with van der Waals surface area (Å²) < 4.78 is 8.95. The predicted molar refractivity (Wildman–Crippen MR) is 97.9 cm³/mol. The average Bonchev–Trinajstić information content (AvgIpc) is 3.30. The third-order valence-electron chi connectivity index (χ3n) is 5.31. The number of hydrogen-bond donors (Lipinski definition) is 1. The molecule has 2 unspecified atom stereocenters. The molecule has 2 aliphatic rings. The van der Waals surface area contributed by atoms with Crippen LogP contribution in [0.4, 0.5) is 5.82 Å². The van der Waals surface area contributed by atoms with Crippen molar-refractivity contribution in [1.82, 2.24) is 29.4 Å². The van der Waals surface area contributed by atoms with Gasteiger partial charge in [-0.1, -0.05) is 0 Å². The van der Waals surface area contributed by atoms with E-state index in [2.05, 4.69) is 20.4 Å². The van der Waals surface area contributed by atoms with Gasteiger partial charge in [-0.25, -0.2) is 9.67 Å². The molecule has 1 aliphatic heterocycles. The second-order valence-corrected chi connectivity index (χ2v) is 7.22. The van der Waals surface area contributed by atoms with Crippen molar-refractivity contribution >= 4 is 11.6 Å². The topological polar surface area (TPSA) is 99.2 Å². The normalized spacial score (nSPS) is 22.1. The minimum Gasteiger partial charge on any atom is -0.377 e. The summed E-state index contributed by atoms with van der Waals surface area (Å²) in [4.78, 5) is 21.2. The van der Waals surface area contributed by atoms with E-state index in [1.165, 1.54) is 6.33 Å². The molecule has 0 bridgehead atoms. The first-order valence-electron chi connectivity index (χ1n) is 9.32. The van der Waals surface area contributed by atoms with Crippen LogP contribution in [0.1, 0.15) is 35.8 Å². The monoisotopic (exact) mass is 367 g/mol. The van der Waals surface area contributed by atoms with Crippen LogP contribution >= 0.6 is 0 Å². The highest BCUT2D eigenvalue weighted by atomic mass is 16.5. The molecule has 1 saturated heterocycles. The number of nitrogens with zero attached hydrogens (tertiary/aromatic N) is 6. The second kappa shape index (κ2) is 6.41. The molecule has 27 heavy (non-hydrogen) atoms. The summed E-state index contributed by atoms with van der Waals surface area (Å²) in [7, 11) is 0. The molecule has 140 valence electrons. The Bertz CT molecular complexity index is 1060. The van der Waals surface area contributed by atoms with Gasteiger partial charge in [0.15, 0.2) is 0 Å². The van der Waals surface area contributed by atoms with Crippen LogP contribution in [0.25, 0.3) is 5.78 Å². The van der Waals surface area contributed by atoms with Gasteiger partial charge < -0.3 is 10.1 Å². The second-order valence-electron chi connectivity index (χ2n) is 7.22. The number of anilines is 1. The van der Waals surface area contributed by atoms with Crippen LogP contribution in [0.15, 0.2) is 23.3 Å². The average molecular weight is 367 g/mol. The largest absolute Gasteiger partial charge is 0.377 e. The fraction of sp³-hybridized carbons (Fsp3) is 0.500. The molecular weight excluding hydrogens is 346 g/mol. The van der Waals surface area contributed by atoms with Gasteiger partial charge in [0, 0.05) is 17.8 Å². The molecule has 1 aliphatic carbocycles. The Morgan fingerprint density at radius 3 is 3.04 bits per heavy atom. The number of hydrogen-bond acceptors (Lipinski definition) is 7. The van der Waals surface area contributed by atoms with Gasteiger partial charge in [0.1, 0.15) is 18.2 Å². The van der Waals surface area contributed by atoms with E-state index in [0.717, 1.165) is 48.5 Å². The van der Waals surface area contributed by atoms with Crippen LogP contribution in [-0.4, -0.2) is 48.6 Å². The highest BCUT2D eigenvalue weighted by molar-refractivity contribution is 5.45. The van der Waals surface area contributed by atoms with Gasteiger partial charge in [0.25, 0.3) is 11.3 Å². The maximum absolute atomic E-state index is 12.7. The summed E-state index contributed by atoms with van der Waals surface area (Å²) in [6.07, 6.45) is 5.61. The predicted octanol–water partition coefficient (Wildman–Crippen LogP) is 0.920. The van der Waals surface area contributed by atoms with E-state index in [-0.39, 0.29) is 17.6 Å². The molecule has 0 saturated carbocycles. The molecule has 3 aromatic heterocycles. The lowest BCUT2D eigenvalue weighted by Gasteiger charge is -2.23. The summed E-state index contributed by atoms with van der Waals surface area (Å²) in [5, 5.41) is 12.4. The molecule has 1 N–H and O–H groups in total. The van der Waals surface area contributed by atoms with E-state index in [0.29, 0.717) is 19.0 Å². The highest BCUT2D eigenvalue weighted by Gasteiger charge is 2.32. The zero-order valence-corrected chi connectivity index (χ0v) is 15.1. The Kier molecular flexibility index (Phi) is 3.89. The summed E-state index contributed by atoms with van der Waals surface area (Å²) in [5.41, 5.74) is 2.93. The van der Waals surface area contributed by atoms with Crippen molar-refractivity contribution in [2.75, 3.05) is 18.5 Å². The first-order valence-corrected chi connectivity index (χ1v) is 9.32. The Morgan fingerprint density at radius 2 is 2.11 bits per heavy atom. The number of rotatable bonds is 3. The van der Waals surface area contributed by atoms with Gasteiger partial charge in [-0.05, 0) is 38.2 Å². The Morgan fingerprint density at radius 1 is 1.22 bits per heavy atom. The SMILES string of the molecule is Cc1cc(NC2COCC2n2nc3c(cc2=O)CCCC3)n2ncnc2n1. The minimum atomic E-state index is -0.170. The van der Waals surface area contributed by atoms with Crippen molar-refractivity contribution in [2.45, 2.75) is 44.7 Å². The van der Waals surface area contributed by atoms with Crippen LogP contribution in [-0.2, 0) is 17.6 Å².